The van der Waals surface area contributed by atoms with Gasteiger partial charge in [0.25, 0.3) is 51.9 Å². The second-order valence-electron chi connectivity index (χ2n) is 10.2. The maximum atomic E-state index is 13.3. The number of H-pyrrole nitrogens is 1. The third-order valence-corrected chi connectivity index (χ3v) is 10.2. The number of aromatic nitrogens is 2. The van der Waals surface area contributed by atoms with E-state index in [1.165, 1.54) is 0 Å². The molecule has 0 fully saturated rings. The van der Waals surface area contributed by atoms with Crippen LogP contribution in [0.2, 0.25) is 0 Å². The Hall–Kier alpha value is -5.21. The van der Waals surface area contributed by atoms with Crippen LogP contribution in [0, 0.1) is 0 Å². The molecule has 0 aliphatic carbocycles. The fourth-order valence-electron chi connectivity index (χ4n) is 4.49. The van der Waals surface area contributed by atoms with E-state index in [0.29, 0.717) is 46.1 Å². The largest absolute Gasteiger partial charge is 0.296 e. The number of ketones is 2. The lowest BCUT2D eigenvalue weighted by Gasteiger charge is -2.15. The number of benzene rings is 2. The highest BCUT2D eigenvalue weighted by atomic mass is 32.2. The number of carbonyl (C=O) groups excluding carboxylic acids is 3. The first-order valence-corrected chi connectivity index (χ1v) is 19.1. The van der Waals surface area contributed by atoms with E-state index in [1.54, 1.807) is 0 Å². The van der Waals surface area contributed by atoms with E-state index in [2.05, 4.69) is 10.2 Å². The Morgan fingerprint density at radius 1 is 0.706 bits per heavy atom. The SMILES string of the molecule is CC(=O)C1=NN(c2cc(S(=O)(=O)O)ccc2S(=O)(=O)O)C(=O)C1=CC=CC=Cc1c(C(C)=O)[nH]n(-c2cc(S(=O)(=O)O)ccc2S(=O)(=O)O)c1=O. The highest BCUT2D eigenvalue weighted by Crippen LogP contribution is 2.33. The van der Waals surface area contributed by atoms with Gasteiger partial charge in [0.1, 0.15) is 21.2 Å². The summed E-state index contributed by atoms with van der Waals surface area (Å²) in [6.07, 6.45) is 5.45. The summed E-state index contributed by atoms with van der Waals surface area (Å²) >= 11 is 0. The normalized spacial score (nSPS) is 15.3. The summed E-state index contributed by atoms with van der Waals surface area (Å²) in [5.74, 6) is -2.76. The van der Waals surface area contributed by atoms with E-state index in [4.69, 9.17) is 0 Å². The molecule has 1 aliphatic rings. The van der Waals surface area contributed by atoms with Gasteiger partial charge in [0, 0.05) is 13.8 Å². The molecule has 1 amide bonds. The molecule has 0 radical (unpaired) electrons. The topological polar surface area (TPSA) is 322 Å². The minimum Gasteiger partial charge on any atom is -0.293 e. The minimum absolute atomic E-state index is 0.309. The maximum absolute atomic E-state index is 13.3. The van der Waals surface area contributed by atoms with Crippen molar-refractivity contribution in [1.29, 1.82) is 0 Å². The van der Waals surface area contributed by atoms with Crippen LogP contribution in [0.3, 0.4) is 0 Å². The Morgan fingerprint density at radius 3 is 1.69 bits per heavy atom. The lowest BCUT2D eigenvalue weighted by atomic mass is 10.1. The Labute approximate surface area is 287 Å². The minimum atomic E-state index is -5.11. The zero-order valence-electron chi connectivity index (χ0n) is 25.5. The molecule has 4 rings (SSSR count). The number of rotatable bonds is 11. The van der Waals surface area contributed by atoms with Crippen molar-refractivity contribution in [3.05, 3.63) is 87.9 Å². The van der Waals surface area contributed by atoms with Gasteiger partial charge in [0.15, 0.2) is 11.6 Å². The Bertz CT molecular complexity index is 2680. The fraction of sp³-hybridized carbons (Fsp3) is 0.0741. The van der Waals surface area contributed by atoms with E-state index in [-0.39, 0.29) is 0 Å². The Morgan fingerprint density at radius 2 is 1.22 bits per heavy atom. The first kappa shape index (κ1) is 38.6. The number of aromatic amines is 1. The average Bonchev–Trinajstić information content (AvgIpc) is 3.51. The number of nitrogens with zero attached hydrogens (tertiary/aromatic N) is 3. The van der Waals surface area contributed by atoms with Gasteiger partial charge >= 0.3 is 0 Å². The fourth-order valence-corrected chi connectivity index (χ4v) is 6.80. The number of nitrogens with one attached hydrogen (secondary N) is 1. The van der Waals surface area contributed by atoms with E-state index >= 15 is 0 Å². The second-order valence-corrected chi connectivity index (χ2v) is 15.8. The standard InChI is InChI=1S/C27H22N4O16S4/c1-14(32)24-18(26(34)30(28-24)20-12-16(48(36,37)38)8-10-22(20)50(42,43)44)6-4-3-5-7-19-25(15(2)33)29-31(27(19)35)21-13-17(49(39,40)41)9-11-23(21)51(45,46)47/h3-13,28H,1-2H3,(H,36,37,38)(H,39,40,41)(H,42,43,44)(H,45,46,47). The van der Waals surface area contributed by atoms with Crippen molar-refractivity contribution in [2.75, 3.05) is 5.01 Å². The van der Waals surface area contributed by atoms with Crippen LogP contribution in [0.25, 0.3) is 11.8 Å². The van der Waals surface area contributed by atoms with Gasteiger partial charge in [-0.25, -0.2) is 4.68 Å². The first-order valence-electron chi connectivity index (χ1n) is 13.4. The molecule has 270 valence electrons. The molecule has 2 aromatic carbocycles. The quantitative estimate of drug-likeness (QED) is 0.0778. The smallest absolute Gasteiger partial charge is 0.293 e. The van der Waals surface area contributed by atoms with E-state index < -0.39 is 117 Å². The van der Waals surface area contributed by atoms with Gasteiger partial charge in [-0.1, -0.05) is 18.2 Å². The number of anilines is 1. The zero-order valence-corrected chi connectivity index (χ0v) is 28.8. The molecule has 1 aromatic heterocycles. The van der Waals surface area contributed by atoms with Crippen LogP contribution < -0.4 is 10.6 Å². The van der Waals surface area contributed by atoms with Gasteiger partial charge in [0.2, 0.25) is 0 Å². The molecule has 0 saturated heterocycles. The predicted octanol–water partition coefficient (Wildman–Crippen LogP) is 0.843. The van der Waals surface area contributed by atoms with E-state index in [9.17, 15) is 71.1 Å². The number of hydrazone groups is 1. The molecule has 24 heteroatoms. The van der Waals surface area contributed by atoms with Crippen molar-refractivity contribution in [1.82, 2.24) is 9.78 Å². The van der Waals surface area contributed by atoms with E-state index in [0.717, 1.165) is 44.2 Å². The van der Waals surface area contributed by atoms with Crippen molar-refractivity contribution >= 4 is 75.4 Å². The summed E-state index contributed by atoms with van der Waals surface area (Å²) < 4.78 is 133. The van der Waals surface area contributed by atoms with Gasteiger partial charge in [-0.05, 0) is 48.6 Å². The molecule has 0 atom stereocenters. The third-order valence-electron chi connectivity index (χ3n) is 6.72. The summed E-state index contributed by atoms with van der Waals surface area (Å²) in [4.78, 5) is 47.5. The number of carbonyl (C=O) groups is 3. The van der Waals surface area contributed by atoms with Crippen LogP contribution in [-0.2, 0) is 50.1 Å². The summed E-state index contributed by atoms with van der Waals surface area (Å²) in [6, 6.07) is 3.52. The molecule has 0 bridgehead atoms. The van der Waals surface area contributed by atoms with E-state index in [1.807, 2.05) is 0 Å². The van der Waals surface area contributed by atoms with Gasteiger partial charge < -0.3 is 0 Å². The molecule has 0 unspecified atom stereocenters. The molecular formula is C27H22N4O16S4. The van der Waals surface area contributed by atoms with Crippen molar-refractivity contribution in [3.63, 3.8) is 0 Å². The van der Waals surface area contributed by atoms with Crippen LogP contribution >= 0.6 is 0 Å². The number of allylic oxidation sites excluding steroid dienone is 4. The summed E-state index contributed by atoms with van der Waals surface area (Å²) in [5, 5.41) is 6.39. The molecule has 2 heterocycles. The number of hydrogen-bond acceptors (Lipinski definition) is 13. The Balaban J connectivity index is 1.77. The second kappa shape index (κ2) is 13.5. The monoisotopic (exact) mass is 786 g/mol. The van der Waals surface area contributed by atoms with Gasteiger partial charge in [-0.15, -0.1) is 0 Å². The summed E-state index contributed by atoms with van der Waals surface area (Å²) in [5.41, 5.74) is -4.57. The van der Waals surface area contributed by atoms with Gasteiger partial charge in [-0.2, -0.15) is 43.8 Å². The van der Waals surface area contributed by atoms with Crippen molar-refractivity contribution in [3.8, 4) is 5.69 Å². The molecule has 0 saturated carbocycles. The summed E-state index contributed by atoms with van der Waals surface area (Å²) in [6.45, 7) is 2.01. The predicted molar refractivity (Wildman–Crippen MR) is 174 cm³/mol. The number of Topliss-reactive ketones (excluding diaryl/α,β-unsaturated/α-hetero) is 2. The van der Waals surface area contributed by atoms with Crippen molar-refractivity contribution < 1.29 is 66.3 Å². The van der Waals surface area contributed by atoms with Crippen LogP contribution in [0.5, 0.6) is 0 Å². The molecule has 51 heavy (non-hydrogen) atoms. The zero-order chi connectivity index (χ0) is 38.4. The third kappa shape index (κ3) is 8.07. The van der Waals surface area contributed by atoms with Crippen LogP contribution in [0.1, 0.15) is 29.9 Å². The average molecular weight is 787 g/mol. The first-order chi connectivity index (χ1) is 23.3. The molecule has 0 spiro atoms. The molecule has 5 N–H and O–H groups in total. The molecular weight excluding hydrogens is 765 g/mol. The van der Waals surface area contributed by atoms with Gasteiger partial charge in [-0.3, -0.25) is 42.5 Å². The highest BCUT2D eigenvalue weighted by Gasteiger charge is 2.36. The highest BCUT2D eigenvalue weighted by molar-refractivity contribution is 7.87. The number of hydrogen-bond donors (Lipinski definition) is 5. The van der Waals surface area contributed by atoms with Crippen LogP contribution in [0.4, 0.5) is 5.69 Å². The Kier molecular flexibility index (Phi) is 10.2. The molecule has 3 aromatic rings. The van der Waals surface area contributed by atoms with Gasteiger partial charge in [0.05, 0.1) is 32.3 Å². The molecule has 1 aliphatic heterocycles. The maximum Gasteiger partial charge on any atom is 0.296 e. The lowest BCUT2D eigenvalue weighted by molar-refractivity contribution is -0.115. The van der Waals surface area contributed by atoms with Crippen molar-refractivity contribution in [2.45, 2.75) is 33.4 Å². The summed E-state index contributed by atoms with van der Waals surface area (Å²) in [7, 11) is -20.1. The molecule has 20 nitrogen and oxygen atoms in total. The van der Waals surface area contributed by atoms with Crippen LogP contribution in [0.15, 0.2) is 95.8 Å². The van der Waals surface area contributed by atoms with Crippen LogP contribution in [-0.4, -0.2) is 84.8 Å². The van der Waals surface area contributed by atoms with Crippen molar-refractivity contribution in [2.24, 2.45) is 5.10 Å². The lowest BCUT2D eigenvalue weighted by Crippen LogP contribution is -2.24. The number of amides is 1.